The molecule has 0 rings (SSSR count). The SMILES string of the molecule is CCC.NBr. The van der Waals surface area contributed by atoms with E-state index in [4.69, 9.17) is 0 Å². The van der Waals surface area contributed by atoms with E-state index in [2.05, 4.69) is 34.8 Å². The van der Waals surface area contributed by atoms with Gasteiger partial charge in [-0.1, -0.05) is 20.3 Å². The van der Waals surface area contributed by atoms with Crippen LogP contribution in [0.2, 0.25) is 0 Å². The van der Waals surface area contributed by atoms with Gasteiger partial charge in [0.05, 0.1) is 0 Å². The predicted molar refractivity (Wildman–Crippen MR) is 29.1 cm³/mol. The zero-order valence-electron chi connectivity index (χ0n) is 3.66. The summed E-state index contributed by atoms with van der Waals surface area (Å²) in [6.07, 6.45) is 1.25. The van der Waals surface area contributed by atoms with Crippen LogP contribution in [0.25, 0.3) is 0 Å². The maximum Gasteiger partial charge on any atom is 0.00554 e. The second-order valence-electron chi connectivity index (χ2n) is 0.707. The van der Waals surface area contributed by atoms with Gasteiger partial charge in [0.2, 0.25) is 0 Å². The largest absolute Gasteiger partial charge is 0.270 e. The van der Waals surface area contributed by atoms with Gasteiger partial charge < -0.3 is 0 Å². The highest BCUT2D eigenvalue weighted by Gasteiger charge is 1.35. The lowest BCUT2D eigenvalue weighted by Gasteiger charge is -1.48. The molecular formula is C3H10BrN. The van der Waals surface area contributed by atoms with Crippen LogP contribution in [0.3, 0.4) is 0 Å². The highest BCUT2D eigenvalue weighted by Crippen LogP contribution is 1.56. The average Bonchev–Trinajstić information content (AvgIpc) is 1.46. The van der Waals surface area contributed by atoms with Crippen LogP contribution >= 0.6 is 16.1 Å². The molecule has 0 aromatic heterocycles. The molecule has 0 atom stereocenters. The van der Waals surface area contributed by atoms with Crippen LogP contribution in [0.4, 0.5) is 0 Å². The molecule has 0 heterocycles. The Kier molecular flexibility index (Phi) is 45.9. The molecule has 0 aliphatic heterocycles. The lowest BCUT2D eigenvalue weighted by molar-refractivity contribution is 1.09. The van der Waals surface area contributed by atoms with Crippen molar-refractivity contribution in [3.05, 3.63) is 0 Å². The third-order valence-electron chi connectivity index (χ3n) is 0. The average molecular weight is 140 g/mol. The third-order valence-corrected chi connectivity index (χ3v) is 0. The Bertz CT molecular complexity index is 6.85. The van der Waals surface area contributed by atoms with Crippen LogP contribution in [0.15, 0.2) is 0 Å². The first-order chi connectivity index (χ1) is 2.41. The quantitative estimate of drug-likeness (QED) is 0.509. The van der Waals surface area contributed by atoms with E-state index < -0.39 is 0 Å². The van der Waals surface area contributed by atoms with Gasteiger partial charge in [0.1, 0.15) is 0 Å². The fraction of sp³-hybridized carbons (Fsp3) is 1.00. The Hall–Kier alpha value is 0.440. The van der Waals surface area contributed by atoms with Gasteiger partial charge in [0, 0.05) is 16.1 Å². The third kappa shape index (κ3) is 137. The molecular weight excluding hydrogens is 130 g/mol. The first-order valence-corrected chi connectivity index (χ1v) is 2.55. The molecule has 0 spiro atoms. The number of hydrogen-bond donors (Lipinski definition) is 1. The first-order valence-electron chi connectivity index (χ1n) is 1.63. The fourth-order valence-corrected chi connectivity index (χ4v) is 0. The minimum absolute atomic E-state index is 1.25. The predicted octanol–water partition coefficient (Wildman–Crippen LogP) is 1.67. The van der Waals surface area contributed by atoms with Crippen molar-refractivity contribution >= 4 is 16.1 Å². The lowest BCUT2D eigenvalue weighted by Crippen LogP contribution is -1.45. The zero-order chi connectivity index (χ0) is 4.71. The summed E-state index contributed by atoms with van der Waals surface area (Å²) in [6, 6.07) is 0. The summed E-state index contributed by atoms with van der Waals surface area (Å²) in [5, 5.41) is 0. The molecule has 0 bridgehead atoms. The Morgan fingerprint density at radius 2 is 1.40 bits per heavy atom. The van der Waals surface area contributed by atoms with Crippen molar-refractivity contribution in [1.29, 1.82) is 0 Å². The minimum Gasteiger partial charge on any atom is -0.270 e. The summed E-state index contributed by atoms with van der Waals surface area (Å²) in [5.41, 5.74) is 0. The molecule has 0 fully saturated rings. The summed E-state index contributed by atoms with van der Waals surface area (Å²) in [4.78, 5) is 0. The van der Waals surface area contributed by atoms with Crippen LogP contribution in [-0.2, 0) is 0 Å². The maximum absolute atomic E-state index is 4.31. The van der Waals surface area contributed by atoms with Crippen molar-refractivity contribution in [3.63, 3.8) is 0 Å². The number of rotatable bonds is 0. The van der Waals surface area contributed by atoms with E-state index in [1.807, 2.05) is 0 Å². The molecule has 0 aliphatic carbocycles. The van der Waals surface area contributed by atoms with E-state index in [9.17, 15) is 0 Å². The first kappa shape index (κ1) is 9.06. The van der Waals surface area contributed by atoms with Gasteiger partial charge in [0.15, 0.2) is 0 Å². The number of hydrogen-bond acceptors (Lipinski definition) is 1. The van der Waals surface area contributed by atoms with E-state index in [1.54, 1.807) is 0 Å². The van der Waals surface area contributed by atoms with E-state index >= 15 is 0 Å². The van der Waals surface area contributed by atoms with E-state index in [1.165, 1.54) is 6.42 Å². The van der Waals surface area contributed by atoms with Crippen LogP contribution in [-0.4, -0.2) is 0 Å². The molecule has 0 radical (unpaired) electrons. The molecule has 0 aromatic carbocycles. The van der Waals surface area contributed by atoms with Crippen molar-refractivity contribution in [3.8, 4) is 0 Å². The Morgan fingerprint density at radius 1 is 1.40 bits per heavy atom. The summed E-state index contributed by atoms with van der Waals surface area (Å²) < 4.78 is 4.31. The second kappa shape index (κ2) is 25.3. The molecule has 0 aromatic rings. The Balaban J connectivity index is 0. The second-order valence-corrected chi connectivity index (χ2v) is 0.707. The molecule has 1 nitrogen and oxygen atoms in total. The number of nitrogens with two attached hydrogens (primary N) is 1. The van der Waals surface area contributed by atoms with E-state index in [-0.39, 0.29) is 0 Å². The van der Waals surface area contributed by atoms with Gasteiger partial charge in [-0.25, -0.2) is 0 Å². The maximum atomic E-state index is 4.31. The van der Waals surface area contributed by atoms with Gasteiger partial charge in [-0.2, -0.15) is 0 Å². The summed E-state index contributed by atoms with van der Waals surface area (Å²) in [7, 11) is 0. The molecule has 0 saturated heterocycles. The molecule has 0 saturated carbocycles. The van der Waals surface area contributed by atoms with Crippen LogP contribution < -0.4 is 4.76 Å². The monoisotopic (exact) mass is 139 g/mol. The molecule has 34 valence electrons. The molecule has 0 unspecified atom stereocenters. The van der Waals surface area contributed by atoms with Crippen LogP contribution in [0, 0.1) is 0 Å². The summed E-state index contributed by atoms with van der Waals surface area (Å²) in [6.45, 7) is 4.25. The van der Waals surface area contributed by atoms with Crippen molar-refractivity contribution in [2.75, 3.05) is 0 Å². The molecule has 0 aliphatic rings. The standard InChI is InChI=1S/C3H8.BrH2N/c1-3-2;1-2/h3H2,1-2H3;2H2. The Morgan fingerprint density at radius 3 is 1.40 bits per heavy atom. The highest BCUT2D eigenvalue weighted by atomic mass is 79.9. The molecule has 5 heavy (non-hydrogen) atoms. The van der Waals surface area contributed by atoms with Gasteiger partial charge in [-0.15, -0.1) is 0 Å². The van der Waals surface area contributed by atoms with Crippen LogP contribution in [0.5, 0.6) is 0 Å². The topological polar surface area (TPSA) is 26.0 Å². The number of halogens is 1. The van der Waals surface area contributed by atoms with Gasteiger partial charge in [-0.05, 0) is 0 Å². The summed E-state index contributed by atoms with van der Waals surface area (Å²) in [5.74, 6) is 0. The van der Waals surface area contributed by atoms with Gasteiger partial charge in [0.25, 0.3) is 0 Å². The molecule has 2 heteroatoms. The van der Waals surface area contributed by atoms with E-state index in [0.717, 1.165) is 0 Å². The molecule has 2 N–H and O–H groups in total. The summed E-state index contributed by atoms with van der Waals surface area (Å²) >= 11 is 2.44. The van der Waals surface area contributed by atoms with Crippen LogP contribution in [0.1, 0.15) is 20.3 Å². The van der Waals surface area contributed by atoms with Gasteiger partial charge in [-0.3, -0.25) is 4.76 Å². The minimum atomic E-state index is 1.25. The van der Waals surface area contributed by atoms with Gasteiger partial charge >= 0.3 is 0 Å². The smallest absolute Gasteiger partial charge is 0.00554 e. The normalized spacial score (nSPS) is 4.80. The molecule has 0 amide bonds. The van der Waals surface area contributed by atoms with Crippen molar-refractivity contribution in [1.82, 2.24) is 0 Å². The van der Waals surface area contributed by atoms with Crippen molar-refractivity contribution in [2.45, 2.75) is 20.3 Å². The zero-order valence-corrected chi connectivity index (χ0v) is 5.25. The van der Waals surface area contributed by atoms with E-state index in [0.29, 0.717) is 0 Å². The van der Waals surface area contributed by atoms with Crippen molar-refractivity contribution < 1.29 is 0 Å². The van der Waals surface area contributed by atoms with Crippen molar-refractivity contribution in [2.24, 2.45) is 4.76 Å². The lowest BCUT2D eigenvalue weighted by atomic mass is 10.6. The Labute approximate surface area is 41.9 Å². The highest BCUT2D eigenvalue weighted by molar-refractivity contribution is 9.07. The fourth-order valence-electron chi connectivity index (χ4n) is 0.